The highest BCUT2D eigenvalue weighted by atomic mass is 35.5. The Hall–Kier alpha value is -2.30. The molecule has 0 unspecified atom stereocenters. The second-order valence-corrected chi connectivity index (χ2v) is 10.4. The number of anilines is 2. The lowest BCUT2D eigenvalue weighted by atomic mass is 9.73. The molecule has 6 heteroatoms. The lowest BCUT2D eigenvalue weighted by Crippen LogP contribution is -2.40. The van der Waals surface area contributed by atoms with Crippen molar-refractivity contribution in [3.05, 3.63) is 69.3 Å². The average Bonchev–Trinajstić information content (AvgIpc) is 3.52. The van der Waals surface area contributed by atoms with Gasteiger partial charge < -0.3 is 5.32 Å². The third kappa shape index (κ3) is 3.66. The molecule has 1 N–H and O–H groups in total. The third-order valence-electron chi connectivity index (χ3n) is 6.32. The maximum Gasteiger partial charge on any atom is 0.231 e. The molecule has 0 spiro atoms. The molecule has 1 atom stereocenters. The molecule has 1 saturated carbocycles. The van der Waals surface area contributed by atoms with E-state index in [2.05, 4.69) is 19.2 Å². The number of Topliss-reactive ketones (excluding diaryl/α,β-unsaturated/α-hetero) is 1. The Morgan fingerprint density at radius 3 is 2.55 bits per heavy atom. The summed E-state index contributed by atoms with van der Waals surface area (Å²) in [6, 6.07) is 12.5. The van der Waals surface area contributed by atoms with Crippen LogP contribution in [0.3, 0.4) is 0 Å². The first-order valence-corrected chi connectivity index (χ1v) is 11.4. The van der Waals surface area contributed by atoms with Gasteiger partial charge in [0.05, 0.1) is 17.4 Å². The van der Waals surface area contributed by atoms with Gasteiger partial charge in [-0.05, 0) is 54.5 Å². The number of nitrogens with one attached hydrogen (secondary N) is 1. The summed E-state index contributed by atoms with van der Waals surface area (Å²) in [6.07, 6.45) is 2.89. The van der Waals surface area contributed by atoms with Crippen LogP contribution in [0.5, 0.6) is 0 Å². The van der Waals surface area contributed by atoms with Crippen molar-refractivity contribution in [2.45, 2.75) is 45.6 Å². The number of nitrogens with zero attached hydrogens (tertiary/aromatic N) is 1. The number of hydrogen-bond acceptors (Lipinski definition) is 3. The number of hydrogen-bond donors (Lipinski definition) is 1. The summed E-state index contributed by atoms with van der Waals surface area (Å²) in [7, 11) is 0. The van der Waals surface area contributed by atoms with E-state index in [1.165, 1.54) is 0 Å². The molecule has 160 valence electrons. The summed E-state index contributed by atoms with van der Waals surface area (Å²) in [5.41, 5.74) is 3.67. The molecule has 2 aliphatic carbocycles. The highest BCUT2D eigenvalue weighted by molar-refractivity contribution is 6.35. The van der Waals surface area contributed by atoms with Crippen molar-refractivity contribution in [3.8, 4) is 0 Å². The van der Waals surface area contributed by atoms with Gasteiger partial charge in [0.2, 0.25) is 5.91 Å². The molecule has 0 saturated heterocycles. The number of benzene rings is 2. The maximum atomic E-state index is 13.6. The molecule has 5 rings (SSSR count). The summed E-state index contributed by atoms with van der Waals surface area (Å²) in [4.78, 5) is 29.0. The van der Waals surface area contributed by atoms with Crippen LogP contribution >= 0.6 is 23.2 Å². The number of halogens is 2. The van der Waals surface area contributed by atoms with Gasteiger partial charge >= 0.3 is 0 Å². The molecule has 1 heterocycles. The predicted molar refractivity (Wildman–Crippen MR) is 125 cm³/mol. The minimum absolute atomic E-state index is 0.0149. The van der Waals surface area contributed by atoms with Gasteiger partial charge in [0, 0.05) is 33.7 Å². The van der Waals surface area contributed by atoms with Crippen molar-refractivity contribution in [2.75, 3.05) is 10.2 Å². The third-order valence-corrected chi connectivity index (χ3v) is 6.88. The quantitative estimate of drug-likeness (QED) is 0.559. The summed E-state index contributed by atoms with van der Waals surface area (Å²) in [5, 5.41) is 4.49. The van der Waals surface area contributed by atoms with Crippen molar-refractivity contribution in [3.63, 3.8) is 0 Å². The highest BCUT2D eigenvalue weighted by Crippen LogP contribution is 2.50. The van der Waals surface area contributed by atoms with E-state index in [4.69, 9.17) is 23.2 Å². The average molecular weight is 455 g/mol. The number of amides is 1. The monoisotopic (exact) mass is 454 g/mol. The molecule has 31 heavy (non-hydrogen) atoms. The van der Waals surface area contributed by atoms with Crippen LogP contribution in [-0.2, 0) is 9.59 Å². The van der Waals surface area contributed by atoms with E-state index in [-0.39, 0.29) is 23.0 Å². The van der Waals surface area contributed by atoms with E-state index >= 15 is 0 Å². The molecule has 0 radical (unpaired) electrons. The summed E-state index contributed by atoms with van der Waals surface area (Å²) in [5.74, 6) is 0.0757. The van der Waals surface area contributed by atoms with E-state index in [9.17, 15) is 9.59 Å². The number of fused-ring (bicyclic) bond motifs is 1. The molecular weight excluding hydrogens is 431 g/mol. The number of ketones is 1. The Morgan fingerprint density at radius 1 is 1.10 bits per heavy atom. The van der Waals surface area contributed by atoms with E-state index < -0.39 is 6.04 Å². The van der Waals surface area contributed by atoms with E-state index in [0.29, 0.717) is 22.0 Å². The summed E-state index contributed by atoms with van der Waals surface area (Å²) < 4.78 is 0. The summed E-state index contributed by atoms with van der Waals surface area (Å²) in [6.45, 7) is 4.20. The standard InChI is InChI=1S/C25H24Cl2N2O2/c1-25(2)12-19-22(21(30)13-25)23(16-10-9-15(26)11-17(16)27)29(24(31)14-7-8-14)20-6-4-3-5-18(20)28-19/h3-6,9-11,14,23,28H,7-8,12-13H2,1-2H3/t23-/m1/s1. The van der Waals surface area contributed by atoms with Crippen LogP contribution in [-0.4, -0.2) is 11.7 Å². The van der Waals surface area contributed by atoms with Crippen LogP contribution in [0.4, 0.5) is 11.4 Å². The lowest BCUT2D eigenvalue weighted by molar-refractivity contribution is -0.120. The van der Waals surface area contributed by atoms with Crippen molar-refractivity contribution in [1.29, 1.82) is 0 Å². The fraction of sp³-hybridized carbons (Fsp3) is 0.360. The van der Waals surface area contributed by atoms with Gasteiger partial charge in [-0.1, -0.05) is 55.2 Å². The van der Waals surface area contributed by atoms with Gasteiger partial charge in [0.1, 0.15) is 0 Å². The van der Waals surface area contributed by atoms with Gasteiger partial charge in [0.15, 0.2) is 5.78 Å². The fourth-order valence-electron chi connectivity index (χ4n) is 4.77. The Kier molecular flexibility index (Phi) is 4.91. The first kappa shape index (κ1) is 20.6. The van der Waals surface area contributed by atoms with Crippen molar-refractivity contribution in [1.82, 2.24) is 0 Å². The van der Waals surface area contributed by atoms with Gasteiger partial charge in [-0.25, -0.2) is 0 Å². The first-order valence-electron chi connectivity index (χ1n) is 10.7. The van der Waals surface area contributed by atoms with Crippen LogP contribution in [0.15, 0.2) is 53.7 Å². The van der Waals surface area contributed by atoms with Gasteiger partial charge in [-0.15, -0.1) is 0 Å². The highest BCUT2D eigenvalue weighted by Gasteiger charge is 2.46. The molecular formula is C25H24Cl2N2O2. The number of carbonyl (C=O) groups excluding carboxylic acids is 2. The van der Waals surface area contributed by atoms with Crippen molar-refractivity contribution in [2.24, 2.45) is 11.3 Å². The lowest BCUT2D eigenvalue weighted by Gasteiger charge is -2.37. The van der Waals surface area contributed by atoms with Crippen LogP contribution in [0, 0.1) is 11.3 Å². The van der Waals surface area contributed by atoms with Gasteiger partial charge in [-0.2, -0.15) is 0 Å². The number of allylic oxidation sites excluding steroid dienone is 1. The smallest absolute Gasteiger partial charge is 0.231 e. The molecule has 4 nitrogen and oxygen atoms in total. The molecule has 1 amide bonds. The van der Waals surface area contributed by atoms with Crippen molar-refractivity contribution < 1.29 is 9.59 Å². The normalized spacial score (nSPS) is 22.4. The fourth-order valence-corrected chi connectivity index (χ4v) is 5.29. The molecule has 2 aromatic rings. The maximum absolute atomic E-state index is 13.6. The zero-order valence-electron chi connectivity index (χ0n) is 17.5. The van der Waals surface area contributed by atoms with Gasteiger partial charge in [0.25, 0.3) is 0 Å². The van der Waals surface area contributed by atoms with E-state index in [1.54, 1.807) is 17.0 Å². The van der Waals surface area contributed by atoms with E-state index in [0.717, 1.165) is 41.9 Å². The largest absolute Gasteiger partial charge is 0.357 e. The molecule has 0 aromatic heterocycles. The van der Waals surface area contributed by atoms with E-state index in [1.807, 2.05) is 30.3 Å². The van der Waals surface area contributed by atoms with Gasteiger partial charge in [-0.3, -0.25) is 14.5 Å². The molecule has 3 aliphatic rings. The van der Waals surface area contributed by atoms with Crippen LogP contribution in [0.1, 0.15) is 51.1 Å². The second-order valence-electron chi connectivity index (χ2n) is 9.53. The zero-order chi connectivity index (χ0) is 21.9. The number of para-hydroxylation sites is 2. The Bertz CT molecular complexity index is 1130. The van der Waals surface area contributed by atoms with Crippen molar-refractivity contribution >= 4 is 46.3 Å². The van der Waals surface area contributed by atoms with Crippen LogP contribution in [0.2, 0.25) is 10.0 Å². The topological polar surface area (TPSA) is 49.4 Å². The zero-order valence-corrected chi connectivity index (χ0v) is 19.1. The Balaban J connectivity index is 1.80. The number of carbonyl (C=O) groups is 2. The minimum atomic E-state index is -0.590. The SMILES string of the molecule is CC1(C)CC(=O)C2=C(C1)Nc1ccccc1N(C(=O)C1CC1)[C@@H]2c1ccc(Cl)cc1Cl. The Labute approximate surface area is 192 Å². The second kappa shape index (κ2) is 7.39. The molecule has 0 bridgehead atoms. The molecule has 1 fully saturated rings. The van der Waals surface area contributed by atoms with Crippen LogP contribution in [0.25, 0.3) is 0 Å². The Morgan fingerprint density at radius 2 is 1.84 bits per heavy atom. The summed E-state index contributed by atoms with van der Waals surface area (Å²) >= 11 is 12.8. The first-order chi connectivity index (χ1) is 14.7. The number of rotatable bonds is 2. The predicted octanol–water partition coefficient (Wildman–Crippen LogP) is 6.55. The molecule has 2 aromatic carbocycles. The van der Waals surface area contributed by atoms with Crippen LogP contribution < -0.4 is 10.2 Å². The molecule has 1 aliphatic heterocycles. The minimum Gasteiger partial charge on any atom is -0.357 e.